The summed E-state index contributed by atoms with van der Waals surface area (Å²) in [4.78, 5) is 13.9. The van der Waals surface area contributed by atoms with E-state index < -0.39 is 0 Å². The van der Waals surface area contributed by atoms with Gasteiger partial charge in [0.15, 0.2) is 0 Å². The van der Waals surface area contributed by atoms with Gasteiger partial charge in [-0.15, -0.1) is 0 Å². The number of hydrogen-bond donors (Lipinski definition) is 1. The molecule has 2 saturated heterocycles. The van der Waals surface area contributed by atoms with E-state index in [0.29, 0.717) is 0 Å². The summed E-state index contributed by atoms with van der Waals surface area (Å²) in [6, 6.07) is 0. The van der Waals surface area contributed by atoms with Gasteiger partial charge in [-0.1, -0.05) is 13.8 Å². The minimum absolute atomic E-state index is 0.142. The molecule has 0 saturated carbocycles. The Labute approximate surface area is 130 Å². The molecule has 0 bridgehead atoms. The molecule has 124 valence electrons. The molecular formula is C17H34N2O2. The molecule has 2 heterocycles. The Hall–Kier alpha value is -0.770. The lowest BCUT2D eigenvalue weighted by atomic mass is 9.79. The number of rotatable bonds is 1. The van der Waals surface area contributed by atoms with E-state index in [1.165, 1.54) is 12.8 Å². The standard InChI is InChI=1S/C15H28N2O2.C2H6/c1-15(2,3)19-14(18)17-10-6-13(7-11-17)12-4-8-16-9-5-12;1-2/h12-13,16H,4-11H2,1-3H3;1-2H3. The molecule has 0 aliphatic carbocycles. The lowest BCUT2D eigenvalue weighted by Gasteiger charge is -2.38. The van der Waals surface area contributed by atoms with Crippen LogP contribution in [0.15, 0.2) is 0 Å². The Balaban J connectivity index is 0.00000106. The fourth-order valence-electron chi connectivity index (χ4n) is 3.20. The highest BCUT2D eigenvalue weighted by Gasteiger charge is 2.30. The van der Waals surface area contributed by atoms with E-state index in [2.05, 4.69) is 5.32 Å². The third-order valence-electron chi connectivity index (χ3n) is 4.24. The van der Waals surface area contributed by atoms with E-state index in [1.54, 1.807) is 0 Å². The Morgan fingerprint density at radius 3 is 1.95 bits per heavy atom. The number of carbonyl (C=O) groups excluding carboxylic acids is 1. The van der Waals surface area contributed by atoms with Crippen molar-refractivity contribution in [3.8, 4) is 0 Å². The van der Waals surface area contributed by atoms with Crippen molar-refractivity contribution in [2.45, 2.75) is 65.9 Å². The van der Waals surface area contributed by atoms with Gasteiger partial charge < -0.3 is 15.0 Å². The Morgan fingerprint density at radius 1 is 1.00 bits per heavy atom. The molecular weight excluding hydrogens is 264 g/mol. The summed E-state index contributed by atoms with van der Waals surface area (Å²) < 4.78 is 5.43. The number of carbonyl (C=O) groups is 1. The van der Waals surface area contributed by atoms with E-state index in [0.717, 1.165) is 50.9 Å². The van der Waals surface area contributed by atoms with Crippen molar-refractivity contribution in [2.24, 2.45) is 11.8 Å². The number of amides is 1. The van der Waals surface area contributed by atoms with Crippen molar-refractivity contribution in [2.75, 3.05) is 26.2 Å². The van der Waals surface area contributed by atoms with Crippen molar-refractivity contribution in [3.05, 3.63) is 0 Å². The molecule has 0 radical (unpaired) electrons. The highest BCUT2D eigenvalue weighted by Crippen LogP contribution is 2.31. The summed E-state index contributed by atoms with van der Waals surface area (Å²) in [5.41, 5.74) is -0.386. The average molecular weight is 298 g/mol. The SMILES string of the molecule is CC.CC(C)(C)OC(=O)N1CCC(C2CCNCC2)CC1. The molecule has 2 fully saturated rings. The van der Waals surface area contributed by atoms with Crippen LogP contribution in [0.1, 0.15) is 60.3 Å². The molecule has 0 aromatic heterocycles. The molecule has 0 aromatic rings. The maximum absolute atomic E-state index is 12.0. The van der Waals surface area contributed by atoms with Crippen LogP contribution in [0.4, 0.5) is 4.79 Å². The first-order valence-electron chi connectivity index (χ1n) is 8.64. The summed E-state index contributed by atoms with van der Waals surface area (Å²) in [5, 5.41) is 3.42. The second kappa shape index (κ2) is 8.62. The largest absolute Gasteiger partial charge is 0.444 e. The summed E-state index contributed by atoms with van der Waals surface area (Å²) in [5.74, 6) is 1.67. The van der Waals surface area contributed by atoms with Crippen LogP contribution in [0.25, 0.3) is 0 Å². The van der Waals surface area contributed by atoms with Crippen LogP contribution in [0.2, 0.25) is 0 Å². The highest BCUT2D eigenvalue weighted by atomic mass is 16.6. The number of ether oxygens (including phenoxy) is 1. The van der Waals surface area contributed by atoms with Crippen LogP contribution in [0.5, 0.6) is 0 Å². The van der Waals surface area contributed by atoms with Crippen LogP contribution < -0.4 is 5.32 Å². The van der Waals surface area contributed by atoms with Crippen LogP contribution in [-0.2, 0) is 4.74 Å². The number of piperidine rings is 2. The average Bonchev–Trinajstić information content (AvgIpc) is 2.49. The fraction of sp³-hybridized carbons (Fsp3) is 0.941. The van der Waals surface area contributed by atoms with Crippen LogP contribution in [0, 0.1) is 11.8 Å². The molecule has 0 unspecified atom stereocenters. The van der Waals surface area contributed by atoms with E-state index >= 15 is 0 Å². The van der Waals surface area contributed by atoms with Gasteiger partial charge in [-0.3, -0.25) is 0 Å². The van der Waals surface area contributed by atoms with Crippen molar-refractivity contribution < 1.29 is 9.53 Å². The van der Waals surface area contributed by atoms with Gasteiger partial charge in [-0.25, -0.2) is 4.79 Å². The first-order valence-corrected chi connectivity index (χ1v) is 8.64. The summed E-state index contributed by atoms with van der Waals surface area (Å²) in [6.45, 7) is 13.8. The zero-order chi connectivity index (χ0) is 15.9. The van der Waals surface area contributed by atoms with Crippen molar-refractivity contribution in [1.29, 1.82) is 0 Å². The van der Waals surface area contributed by atoms with Gasteiger partial charge in [-0.2, -0.15) is 0 Å². The molecule has 0 atom stereocenters. The summed E-state index contributed by atoms with van der Waals surface area (Å²) in [7, 11) is 0. The number of hydrogen-bond acceptors (Lipinski definition) is 3. The summed E-state index contributed by atoms with van der Waals surface area (Å²) >= 11 is 0. The third kappa shape index (κ3) is 6.25. The fourth-order valence-corrected chi connectivity index (χ4v) is 3.20. The second-order valence-electron chi connectivity index (χ2n) is 6.89. The molecule has 0 aromatic carbocycles. The molecule has 2 aliphatic rings. The Morgan fingerprint density at radius 2 is 1.48 bits per heavy atom. The van der Waals surface area contributed by atoms with Gasteiger partial charge in [0, 0.05) is 13.1 Å². The Bertz CT molecular complexity index is 298. The zero-order valence-corrected chi connectivity index (χ0v) is 14.6. The minimum Gasteiger partial charge on any atom is -0.444 e. The number of nitrogens with zero attached hydrogens (tertiary/aromatic N) is 1. The number of likely N-dealkylation sites (tertiary alicyclic amines) is 1. The predicted octanol–water partition coefficient (Wildman–Crippen LogP) is 3.66. The van der Waals surface area contributed by atoms with E-state index in [9.17, 15) is 4.79 Å². The molecule has 2 aliphatic heterocycles. The van der Waals surface area contributed by atoms with Gasteiger partial charge >= 0.3 is 6.09 Å². The smallest absolute Gasteiger partial charge is 0.410 e. The van der Waals surface area contributed by atoms with Gasteiger partial charge in [-0.05, 0) is 71.4 Å². The first kappa shape index (κ1) is 18.3. The molecule has 0 spiro atoms. The highest BCUT2D eigenvalue weighted by molar-refractivity contribution is 5.68. The molecule has 4 heteroatoms. The summed E-state index contributed by atoms with van der Waals surface area (Å²) in [6.07, 6.45) is 4.75. The van der Waals surface area contributed by atoms with Gasteiger partial charge in [0.05, 0.1) is 0 Å². The van der Waals surface area contributed by atoms with E-state index in [4.69, 9.17) is 4.74 Å². The second-order valence-corrected chi connectivity index (χ2v) is 6.89. The monoisotopic (exact) mass is 298 g/mol. The minimum atomic E-state index is -0.386. The van der Waals surface area contributed by atoms with Gasteiger partial charge in [0.25, 0.3) is 0 Å². The molecule has 21 heavy (non-hydrogen) atoms. The van der Waals surface area contributed by atoms with Crippen LogP contribution >= 0.6 is 0 Å². The zero-order valence-electron chi connectivity index (χ0n) is 14.6. The van der Waals surface area contributed by atoms with Crippen LogP contribution in [0.3, 0.4) is 0 Å². The van der Waals surface area contributed by atoms with E-state index in [1.807, 2.05) is 39.5 Å². The molecule has 1 N–H and O–H groups in total. The lowest BCUT2D eigenvalue weighted by molar-refractivity contribution is 0.0150. The van der Waals surface area contributed by atoms with Gasteiger partial charge in [0.2, 0.25) is 0 Å². The third-order valence-corrected chi connectivity index (χ3v) is 4.24. The van der Waals surface area contributed by atoms with Crippen LogP contribution in [-0.4, -0.2) is 42.8 Å². The van der Waals surface area contributed by atoms with Crippen molar-refractivity contribution >= 4 is 6.09 Å². The molecule has 4 nitrogen and oxygen atoms in total. The maximum Gasteiger partial charge on any atom is 0.410 e. The van der Waals surface area contributed by atoms with Gasteiger partial charge in [0.1, 0.15) is 5.60 Å². The predicted molar refractivity (Wildman–Crippen MR) is 87.5 cm³/mol. The van der Waals surface area contributed by atoms with E-state index in [-0.39, 0.29) is 11.7 Å². The van der Waals surface area contributed by atoms with Crippen molar-refractivity contribution in [3.63, 3.8) is 0 Å². The Kier molecular flexibility index (Phi) is 7.50. The molecule has 1 amide bonds. The van der Waals surface area contributed by atoms with Crippen molar-refractivity contribution in [1.82, 2.24) is 10.2 Å². The quantitative estimate of drug-likeness (QED) is 0.803. The first-order chi connectivity index (χ1) is 9.96. The number of nitrogens with one attached hydrogen (secondary N) is 1. The maximum atomic E-state index is 12.0. The topological polar surface area (TPSA) is 41.6 Å². The lowest BCUT2D eigenvalue weighted by Crippen LogP contribution is -2.44. The normalized spacial score (nSPS) is 21.5. The molecule has 2 rings (SSSR count).